The summed E-state index contributed by atoms with van der Waals surface area (Å²) in [5.74, 6) is -0.770. The number of sulfonamides is 1. The van der Waals surface area contributed by atoms with Crippen molar-refractivity contribution in [1.29, 1.82) is 0 Å². The Bertz CT molecular complexity index is 770. The number of piperidine rings is 1. The molecular weight excluding hydrogens is 354 g/mol. The van der Waals surface area contributed by atoms with Gasteiger partial charge in [0.15, 0.2) is 0 Å². The number of nitrogens with two attached hydrogens (primary N) is 1. The molecule has 8 heteroatoms. The third-order valence-corrected chi connectivity index (χ3v) is 7.13. The summed E-state index contributed by atoms with van der Waals surface area (Å²) in [5.41, 5.74) is 5.97. The quantitative estimate of drug-likeness (QED) is 0.802. The van der Waals surface area contributed by atoms with E-state index < -0.39 is 21.2 Å². The number of benzene rings is 1. The van der Waals surface area contributed by atoms with Crippen LogP contribution in [0.2, 0.25) is 0 Å². The summed E-state index contributed by atoms with van der Waals surface area (Å²) in [6.07, 6.45) is 5.11. The van der Waals surface area contributed by atoms with E-state index in [2.05, 4.69) is 4.72 Å². The highest BCUT2D eigenvalue weighted by Gasteiger charge is 2.34. The maximum atomic E-state index is 12.7. The summed E-state index contributed by atoms with van der Waals surface area (Å²) in [6.45, 7) is 0.726. The first kappa shape index (κ1) is 18.8. The first-order valence-corrected chi connectivity index (χ1v) is 10.6. The van der Waals surface area contributed by atoms with Crippen LogP contribution < -0.4 is 10.5 Å². The fourth-order valence-electron chi connectivity index (χ4n) is 3.71. The topological polar surface area (TPSA) is 110 Å². The molecule has 142 valence electrons. The fourth-order valence-corrected chi connectivity index (χ4v) is 5.45. The van der Waals surface area contributed by atoms with Gasteiger partial charge >= 0.3 is 0 Å². The van der Waals surface area contributed by atoms with Crippen LogP contribution in [0.1, 0.15) is 59.2 Å². The number of rotatable bonds is 5. The molecule has 3 N–H and O–H groups in total. The first-order chi connectivity index (χ1) is 12.4. The van der Waals surface area contributed by atoms with E-state index in [1.54, 1.807) is 17.0 Å². The van der Waals surface area contributed by atoms with Crippen LogP contribution >= 0.6 is 0 Å². The molecule has 0 bridgehead atoms. The van der Waals surface area contributed by atoms with Gasteiger partial charge in [-0.1, -0.05) is 12.8 Å². The van der Waals surface area contributed by atoms with Gasteiger partial charge in [-0.05, 0) is 49.9 Å². The predicted molar refractivity (Wildman–Crippen MR) is 98.2 cm³/mol. The van der Waals surface area contributed by atoms with Gasteiger partial charge in [-0.15, -0.1) is 0 Å². The molecule has 3 rings (SSSR count). The van der Waals surface area contributed by atoms with Gasteiger partial charge in [0.05, 0.1) is 5.25 Å². The molecule has 1 saturated heterocycles. The van der Waals surface area contributed by atoms with E-state index in [-0.39, 0.29) is 18.5 Å². The van der Waals surface area contributed by atoms with E-state index in [9.17, 15) is 18.0 Å². The molecule has 2 amide bonds. The molecule has 1 aromatic rings. The molecule has 0 spiro atoms. The maximum absolute atomic E-state index is 12.7. The third kappa shape index (κ3) is 4.24. The molecule has 2 fully saturated rings. The Morgan fingerprint density at radius 1 is 1.00 bits per heavy atom. The lowest BCUT2D eigenvalue weighted by Crippen LogP contribution is -2.49. The minimum absolute atomic E-state index is 0.0347. The second kappa shape index (κ2) is 7.75. The van der Waals surface area contributed by atoms with Crippen molar-refractivity contribution in [3.8, 4) is 0 Å². The largest absolute Gasteiger partial charge is 0.366 e. The monoisotopic (exact) mass is 379 g/mol. The molecule has 0 aromatic heterocycles. The Hall–Kier alpha value is -1.93. The van der Waals surface area contributed by atoms with Gasteiger partial charge in [-0.3, -0.25) is 9.59 Å². The SMILES string of the molecule is NC(=O)c1ccc(C(=O)N2CCC[C@H](S(=O)(=O)NC3CCCC3)C2)cc1. The van der Waals surface area contributed by atoms with Crippen molar-refractivity contribution in [2.24, 2.45) is 5.73 Å². The van der Waals surface area contributed by atoms with E-state index >= 15 is 0 Å². The van der Waals surface area contributed by atoms with Crippen LogP contribution in [-0.4, -0.2) is 49.5 Å². The fraction of sp³-hybridized carbons (Fsp3) is 0.556. The van der Waals surface area contributed by atoms with Crippen LogP contribution in [0.3, 0.4) is 0 Å². The number of nitrogens with one attached hydrogen (secondary N) is 1. The Morgan fingerprint density at radius 2 is 1.62 bits per heavy atom. The lowest BCUT2D eigenvalue weighted by Gasteiger charge is -2.33. The number of primary amides is 1. The number of amides is 2. The first-order valence-electron chi connectivity index (χ1n) is 9.07. The van der Waals surface area contributed by atoms with E-state index in [1.807, 2.05) is 0 Å². The highest BCUT2D eigenvalue weighted by Crippen LogP contribution is 2.23. The smallest absolute Gasteiger partial charge is 0.253 e. The Balaban J connectivity index is 1.67. The number of hydrogen-bond acceptors (Lipinski definition) is 4. The molecule has 0 radical (unpaired) electrons. The number of hydrogen-bond donors (Lipinski definition) is 2. The summed E-state index contributed by atoms with van der Waals surface area (Å²) in [4.78, 5) is 25.4. The zero-order chi connectivity index (χ0) is 18.7. The molecule has 7 nitrogen and oxygen atoms in total. The number of carbonyl (C=O) groups excluding carboxylic acids is 2. The van der Waals surface area contributed by atoms with Crippen molar-refractivity contribution in [2.45, 2.75) is 49.8 Å². The molecule has 2 aliphatic rings. The Morgan fingerprint density at radius 3 is 2.23 bits per heavy atom. The molecule has 1 saturated carbocycles. The van der Waals surface area contributed by atoms with Gasteiger partial charge in [-0.2, -0.15) is 0 Å². The second-order valence-electron chi connectivity index (χ2n) is 7.10. The molecule has 1 aliphatic heterocycles. The average Bonchev–Trinajstić information content (AvgIpc) is 3.13. The van der Waals surface area contributed by atoms with E-state index in [0.29, 0.717) is 30.5 Å². The molecule has 1 heterocycles. The molecule has 1 aliphatic carbocycles. The van der Waals surface area contributed by atoms with Gasteiger partial charge in [0, 0.05) is 30.3 Å². The van der Waals surface area contributed by atoms with Crippen molar-refractivity contribution in [3.05, 3.63) is 35.4 Å². The maximum Gasteiger partial charge on any atom is 0.253 e. The van der Waals surface area contributed by atoms with Crippen molar-refractivity contribution >= 4 is 21.8 Å². The van der Waals surface area contributed by atoms with Gasteiger partial charge in [0.2, 0.25) is 15.9 Å². The van der Waals surface area contributed by atoms with Crippen molar-refractivity contribution in [3.63, 3.8) is 0 Å². The summed E-state index contributed by atoms with van der Waals surface area (Å²) in [6, 6.07) is 6.16. The molecule has 26 heavy (non-hydrogen) atoms. The van der Waals surface area contributed by atoms with Gasteiger partial charge in [-0.25, -0.2) is 13.1 Å². The van der Waals surface area contributed by atoms with E-state index in [0.717, 1.165) is 25.7 Å². The summed E-state index contributed by atoms with van der Waals surface area (Å²) in [7, 11) is -3.44. The number of nitrogens with zero attached hydrogens (tertiary/aromatic N) is 1. The van der Waals surface area contributed by atoms with Crippen LogP contribution in [0, 0.1) is 0 Å². The lowest BCUT2D eigenvalue weighted by atomic mass is 10.1. The van der Waals surface area contributed by atoms with Gasteiger partial charge < -0.3 is 10.6 Å². The predicted octanol–water partition coefficient (Wildman–Crippen LogP) is 1.25. The zero-order valence-corrected chi connectivity index (χ0v) is 15.5. The van der Waals surface area contributed by atoms with Crippen molar-refractivity contribution < 1.29 is 18.0 Å². The number of carbonyl (C=O) groups is 2. The standard InChI is InChI=1S/C18H25N3O4S/c19-17(22)13-7-9-14(10-8-13)18(23)21-11-3-6-16(12-21)26(24,25)20-15-4-1-2-5-15/h7-10,15-16,20H,1-6,11-12H2,(H2,19,22)/t16-/m0/s1. The van der Waals surface area contributed by atoms with Crippen LogP contribution in [-0.2, 0) is 10.0 Å². The molecule has 0 unspecified atom stereocenters. The Labute approximate surface area is 154 Å². The molecule has 1 aromatic carbocycles. The third-order valence-electron chi connectivity index (χ3n) is 5.21. The van der Waals surface area contributed by atoms with Crippen LogP contribution in [0.5, 0.6) is 0 Å². The molecule has 1 atom stereocenters. The minimum Gasteiger partial charge on any atom is -0.366 e. The van der Waals surface area contributed by atoms with Crippen molar-refractivity contribution in [2.75, 3.05) is 13.1 Å². The van der Waals surface area contributed by atoms with Crippen LogP contribution in [0.25, 0.3) is 0 Å². The average molecular weight is 379 g/mol. The van der Waals surface area contributed by atoms with E-state index in [4.69, 9.17) is 5.73 Å². The molecular formula is C18H25N3O4S. The lowest BCUT2D eigenvalue weighted by molar-refractivity contribution is 0.0726. The Kier molecular flexibility index (Phi) is 5.62. The summed E-state index contributed by atoms with van der Waals surface area (Å²) < 4.78 is 28.2. The van der Waals surface area contributed by atoms with Crippen LogP contribution in [0.4, 0.5) is 0 Å². The highest BCUT2D eigenvalue weighted by molar-refractivity contribution is 7.90. The number of likely N-dealkylation sites (tertiary alicyclic amines) is 1. The zero-order valence-electron chi connectivity index (χ0n) is 14.7. The van der Waals surface area contributed by atoms with E-state index in [1.165, 1.54) is 12.1 Å². The van der Waals surface area contributed by atoms with Crippen molar-refractivity contribution in [1.82, 2.24) is 9.62 Å². The minimum atomic E-state index is -3.44. The second-order valence-corrected chi connectivity index (χ2v) is 9.09. The normalized spacial score (nSPS) is 21.7. The highest BCUT2D eigenvalue weighted by atomic mass is 32.2. The van der Waals surface area contributed by atoms with Gasteiger partial charge in [0.1, 0.15) is 0 Å². The summed E-state index contributed by atoms with van der Waals surface area (Å²) in [5, 5.41) is -0.578. The summed E-state index contributed by atoms with van der Waals surface area (Å²) >= 11 is 0. The van der Waals surface area contributed by atoms with Crippen LogP contribution in [0.15, 0.2) is 24.3 Å². The van der Waals surface area contributed by atoms with Gasteiger partial charge in [0.25, 0.3) is 5.91 Å².